The topological polar surface area (TPSA) is 153 Å². The van der Waals surface area contributed by atoms with Crippen molar-refractivity contribution in [1.82, 2.24) is 30.2 Å². The van der Waals surface area contributed by atoms with Gasteiger partial charge in [0.1, 0.15) is 23.6 Å². The summed E-state index contributed by atoms with van der Waals surface area (Å²) in [6, 6.07) is 14.8. The lowest BCUT2D eigenvalue weighted by atomic mass is 9.85. The lowest BCUT2D eigenvalue weighted by Crippen LogP contribution is -2.52. The number of piperidine rings is 1. The molecule has 13 nitrogen and oxygen atoms in total. The summed E-state index contributed by atoms with van der Waals surface area (Å²) in [6.45, 7) is 5.27. The van der Waals surface area contributed by atoms with Crippen LogP contribution in [0.1, 0.15) is 102 Å². The van der Waals surface area contributed by atoms with Crippen LogP contribution in [0.3, 0.4) is 0 Å². The van der Waals surface area contributed by atoms with Crippen molar-refractivity contribution in [3.8, 4) is 11.8 Å². The highest BCUT2D eigenvalue weighted by Crippen LogP contribution is 2.34. The van der Waals surface area contributed by atoms with Gasteiger partial charge in [-0.05, 0) is 106 Å². The van der Waals surface area contributed by atoms with Gasteiger partial charge in [-0.2, -0.15) is 10.4 Å². The van der Waals surface area contributed by atoms with Crippen molar-refractivity contribution in [1.29, 1.82) is 5.26 Å². The van der Waals surface area contributed by atoms with Gasteiger partial charge >= 0.3 is 0 Å². The van der Waals surface area contributed by atoms with E-state index in [0.29, 0.717) is 52.5 Å². The van der Waals surface area contributed by atoms with Crippen molar-refractivity contribution < 1.29 is 23.9 Å². The summed E-state index contributed by atoms with van der Waals surface area (Å²) < 4.78 is 8.09. The van der Waals surface area contributed by atoms with Crippen LogP contribution in [0.2, 0.25) is 5.02 Å². The molecule has 2 aromatic carbocycles. The number of halogens is 1. The smallest absolute Gasteiger partial charge is 0.271 e. The zero-order valence-corrected chi connectivity index (χ0v) is 31.7. The van der Waals surface area contributed by atoms with Crippen LogP contribution < -0.4 is 20.3 Å². The highest BCUT2D eigenvalue weighted by molar-refractivity contribution is 6.31. The second-order valence-corrected chi connectivity index (χ2v) is 16.1. The minimum Gasteiger partial charge on any atom is -0.490 e. The number of benzene rings is 2. The van der Waals surface area contributed by atoms with E-state index in [2.05, 4.69) is 32.6 Å². The first-order valence-electron chi connectivity index (χ1n) is 19.7. The summed E-state index contributed by atoms with van der Waals surface area (Å²) in [5, 5.41) is 19.7. The third kappa shape index (κ3) is 8.21. The molecule has 2 saturated carbocycles. The molecule has 0 radical (unpaired) electrons. The quantitative estimate of drug-likeness (QED) is 0.292. The van der Waals surface area contributed by atoms with Crippen LogP contribution in [0.15, 0.2) is 48.7 Å². The number of fused-ring (bicyclic) bond motifs is 1. The van der Waals surface area contributed by atoms with Gasteiger partial charge in [0.25, 0.3) is 11.8 Å². The Hall–Kier alpha value is -4.93. The minimum atomic E-state index is -0.601. The first-order valence-corrected chi connectivity index (χ1v) is 20.1. The predicted octanol–water partition coefficient (Wildman–Crippen LogP) is 4.84. The lowest BCUT2D eigenvalue weighted by molar-refractivity contribution is -0.136. The second kappa shape index (κ2) is 16.0. The molecule has 5 aliphatic rings. The molecule has 8 rings (SSSR count). The maximum absolute atomic E-state index is 13.1. The zero-order chi connectivity index (χ0) is 38.1. The Labute approximate surface area is 325 Å². The molecule has 1 aromatic heterocycles. The Morgan fingerprint density at radius 2 is 1.73 bits per heavy atom. The number of hydrogen-bond donors (Lipinski definition) is 2. The molecular weight excluding hydrogens is 720 g/mol. The number of nitrogens with zero attached hydrogens (tertiary/aromatic N) is 6. The summed E-state index contributed by atoms with van der Waals surface area (Å²) >= 11 is 6.16. The van der Waals surface area contributed by atoms with E-state index in [1.165, 1.54) is 0 Å². The number of aromatic nitrogens is 2. The highest BCUT2D eigenvalue weighted by Gasteiger charge is 2.39. The normalized spacial score (nSPS) is 26.0. The Bertz CT molecular complexity index is 1990. The first-order chi connectivity index (χ1) is 26.7. The van der Waals surface area contributed by atoms with E-state index in [1.807, 2.05) is 29.1 Å². The standard InChI is InChI=1S/C41H47ClN8O5/c42-35-22-33(9-3-27(35)23-43)55-32-10-4-29(5-11-32)44-39(52)36-15-16-50(46-36)30-6-1-26(2-7-30)24-47-17-19-48(20-18-47)31-8-12-34-28(21-31)25-49(41(34)54)37-13-14-38(51)45-40(37)53/h3,8-9,12,15-16,21-22,26,29-30,32,37H,1-2,4-7,10-11,13-14,17-20,24-25H2,(H,44,52)(H,45,51,53). The number of rotatable bonds is 9. The SMILES string of the molecule is N#Cc1ccc(OC2CCC(NC(=O)c3ccn(C4CCC(CN5CCN(c6ccc7c(c6)CN(C6CCC(=O)NC6=O)C7=O)CC5)CC4)n3)CC2)cc1Cl. The summed E-state index contributed by atoms with van der Waals surface area (Å²) in [5.74, 6) is 0.365. The van der Waals surface area contributed by atoms with Crippen LogP contribution in [-0.2, 0) is 16.1 Å². The molecule has 2 N–H and O–H groups in total. The lowest BCUT2D eigenvalue weighted by Gasteiger charge is -2.39. The molecular formula is C41H47ClN8O5. The van der Waals surface area contributed by atoms with Crippen LogP contribution >= 0.6 is 11.6 Å². The second-order valence-electron chi connectivity index (χ2n) is 15.7. The van der Waals surface area contributed by atoms with E-state index >= 15 is 0 Å². The average Bonchev–Trinajstić information content (AvgIpc) is 3.81. The molecule has 4 heterocycles. The number of hydrogen-bond acceptors (Lipinski definition) is 9. The maximum atomic E-state index is 13.1. The number of nitriles is 1. The van der Waals surface area contributed by atoms with Gasteiger partial charge < -0.3 is 19.9 Å². The molecule has 2 aliphatic carbocycles. The number of amides is 4. The predicted molar refractivity (Wildman–Crippen MR) is 205 cm³/mol. The molecule has 0 spiro atoms. The van der Waals surface area contributed by atoms with Gasteiger partial charge in [-0.3, -0.25) is 34.1 Å². The molecule has 55 heavy (non-hydrogen) atoms. The number of carbonyl (C=O) groups is 4. The Kier molecular flexibility index (Phi) is 10.8. The molecule has 4 fully saturated rings. The summed E-state index contributed by atoms with van der Waals surface area (Å²) in [5.41, 5.74) is 3.58. The maximum Gasteiger partial charge on any atom is 0.271 e. The van der Waals surface area contributed by atoms with E-state index in [4.69, 9.17) is 26.7 Å². The average molecular weight is 767 g/mol. The van der Waals surface area contributed by atoms with Crippen molar-refractivity contribution in [3.63, 3.8) is 0 Å². The molecule has 1 unspecified atom stereocenters. The fourth-order valence-electron chi connectivity index (χ4n) is 9.00. The number of ether oxygens (including phenoxy) is 1. The Balaban J connectivity index is 0.747. The monoisotopic (exact) mass is 766 g/mol. The fourth-order valence-corrected chi connectivity index (χ4v) is 9.22. The van der Waals surface area contributed by atoms with Crippen molar-refractivity contribution in [2.75, 3.05) is 37.6 Å². The molecule has 3 aliphatic heterocycles. The Morgan fingerprint density at radius 1 is 0.945 bits per heavy atom. The minimum absolute atomic E-state index is 0.0450. The van der Waals surface area contributed by atoms with E-state index in [0.717, 1.165) is 95.3 Å². The molecule has 14 heteroatoms. The van der Waals surface area contributed by atoms with Crippen LogP contribution in [-0.4, -0.2) is 94.1 Å². The third-order valence-electron chi connectivity index (χ3n) is 12.2. The Morgan fingerprint density at radius 3 is 2.45 bits per heavy atom. The van der Waals surface area contributed by atoms with Crippen molar-refractivity contribution >= 4 is 40.9 Å². The first kappa shape index (κ1) is 37.0. The van der Waals surface area contributed by atoms with Crippen LogP contribution in [0.4, 0.5) is 5.69 Å². The van der Waals surface area contributed by atoms with E-state index in [9.17, 15) is 19.2 Å². The van der Waals surface area contributed by atoms with Gasteiger partial charge in [0, 0.05) is 75.2 Å². The number of anilines is 1. The van der Waals surface area contributed by atoms with Gasteiger partial charge in [0.05, 0.1) is 22.7 Å². The third-order valence-corrected chi connectivity index (χ3v) is 12.5. The molecule has 288 valence electrons. The van der Waals surface area contributed by atoms with Gasteiger partial charge in [-0.25, -0.2) is 0 Å². The fraction of sp³-hybridized carbons (Fsp3) is 0.512. The number of imide groups is 1. The molecule has 0 bridgehead atoms. The number of piperazine rings is 1. The summed E-state index contributed by atoms with van der Waals surface area (Å²) in [7, 11) is 0. The largest absolute Gasteiger partial charge is 0.490 e. The number of carbonyl (C=O) groups excluding carboxylic acids is 4. The summed E-state index contributed by atoms with van der Waals surface area (Å²) in [4.78, 5) is 56.8. The van der Waals surface area contributed by atoms with Crippen LogP contribution in [0.5, 0.6) is 5.75 Å². The van der Waals surface area contributed by atoms with E-state index < -0.39 is 6.04 Å². The van der Waals surface area contributed by atoms with E-state index in [-0.39, 0.29) is 42.2 Å². The van der Waals surface area contributed by atoms with Crippen LogP contribution in [0, 0.1) is 17.2 Å². The van der Waals surface area contributed by atoms with Crippen LogP contribution in [0.25, 0.3) is 0 Å². The van der Waals surface area contributed by atoms with Gasteiger partial charge in [0.2, 0.25) is 11.8 Å². The molecule has 1 atom stereocenters. The molecule has 4 amide bonds. The molecule has 3 aromatic rings. The van der Waals surface area contributed by atoms with Crippen molar-refractivity contribution in [2.24, 2.45) is 5.92 Å². The van der Waals surface area contributed by atoms with Crippen molar-refractivity contribution in [2.45, 2.75) is 95.0 Å². The van der Waals surface area contributed by atoms with Gasteiger partial charge in [-0.1, -0.05) is 11.6 Å². The van der Waals surface area contributed by atoms with Gasteiger partial charge in [0.15, 0.2) is 0 Å². The number of nitrogens with one attached hydrogen (secondary N) is 2. The van der Waals surface area contributed by atoms with Gasteiger partial charge in [-0.15, -0.1) is 0 Å². The highest BCUT2D eigenvalue weighted by atomic mass is 35.5. The zero-order valence-electron chi connectivity index (χ0n) is 30.9. The van der Waals surface area contributed by atoms with E-state index in [1.54, 1.807) is 23.1 Å². The molecule has 2 saturated heterocycles. The van der Waals surface area contributed by atoms with Crippen molar-refractivity contribution in [3.05, 3.63) is 76.1 Å². The summed E-state index contributed by atoms with van der Waals surface area (Å²) in [6.07, 6.45) is 10.3.